The Bertz CT molecular complexity index is 351. The fraction of sp³-hybridized carbons (Fsp3) is 0.846. The van der Waals surface area contributed by atoms with Gasteiger partial charge < -0.3 is 25.3 Å². The number of amides is 2. The topological polar surface area (TPSA) is 93.1 Å². The summed E-state index contributed by atoms with van der Waals surface area (Å²) in [6.07, 6.45) is 0.365. The average molecular weight is 287 g/mol. The van der Waals surface area contributed by atoms with Gasteiger partial charge in [-0.05, 0) is 20.4 Å². The number of likely N-dealkylation sites (N-methyl/N-ethyl adjacent to an activating group) is 1. The Hall–Kier alpha value is -1.34. The number of urea groups is 1. The first-order valence-electron chi connectivity index (χ1n) is 7.02. The van der Waals surface area contributed by atoms with Crippen LogP contribution in [0.4, 0.5) is 4.79 Å². The van der Waals surface area contributed by atoms with Gasteiger partial charge in [0.2, 0.25) is 0 Å². The zero-order valence-electron chi connectivity index (χ0n) is 12.4. The van der Waals surface area contributed by atoms with Crippen molar-refractivity contribution in [2.75, 3.05) is 26.7 Å². The summed E-state index contributed by atoms with van der Waals surface area (Å²) >= 11 is 0. The van der Waals surface area contributed by atoms with Crippen molar-refractivity contribution in [3.05, 3.63) is 0 Å². The van der Waals surface area contributed by atoms with Crippen LogP contribution < -0.4 is 5.32 Å². The van der Waals surface area contributed by atoms with Crippen molar-refractivity contribution >= 4 is 12.0 Å². The average Bonchev–Trinajstić information content (AvgIpc) is 2.79. The molecular formula is C13H25N3O4. The lowest BCUT2D eigenvalue weighted by molar-refractivity contribution is -0.141. The number of aliphatic carboxylic acids is 1. The highest BCUT2D eigenvalue weighted by molar-refractivity contribution is 5.83. The summed E-state index contributed by atoms with van der Waals surface area (Å²) in [5.41, 5.74) is 0. The second-order valence-corrected chi connectivity index (χ2v) is 5.37. The van der Waals surface area contributed by atoms with E-state index in [0.29, 0.717) is 19.1 Å². The maximum Gasteiger partial charge on any atom is 0.326 e. The van der Waals surface area contributed by atoms with Crippen LogP contribution in [-0.2, 0) is 4.79 Å². The number of carbonyl (C=O) groups is 2. The molecule has 0 spiro atoms. The highest BCUT2D eigenvalue weighted by atomic mass is 16.4. The Labute approximate surface area is 119 Å². The van der Waals surface area contributed by atoms with Crippen molar-refractivity contribution < 1.29 is 19.8 Å². The molecule has 1 heterocycles. The molecule has 1 aliphatic rings. The van der Waals surface area contributed by atoms with E-state index in [-0.39, 0.29) is 13.0 Å². The number of nitrogens with zero attached hydrogens (tertiary/aromatic N) is 2. The number of likely N-dealkylation sites (tertiary alicyclic amines) is 1. The Morgan fingerprint density at radius 2 is 2.15 bits per heavy atom. The molecule has 0 radical (unpaired) electrons. The molecule has 7 heteroatoms. The third kappa shape index (κ3) is 4.35. The summed E-state index contributed by atoms with van der Waals surface area (Å²) in [6.45, 7) is 5.44. The van der Waals surface area contributed by atoms with Crippen LogP contribution in [0, 0.1) is 0 Å². The number of hydrogen-bond donors (Lipinski definition) is 3. The van der Waals surface area contributed by atoms with E-state index < -0.39 is 24.1 Å². The Morgan fingerprint density at radius 1 is 1.50 bits per heavy atom. The van der Waals surface area contributed by atoms with Crippen LogP contribution in [0.25, 0.3) is 0 Å². The Kier molecular flexibility index (Phi) is 6.22. The summed E-state index contributed by atoms with van der Waals surface area (Å²) in [6, 6.07) is -0.920. The summed E-state index contributed by atoms with van der Waals surface area (Å²) in [4.78, 5) is 26.3. The van der Waals surface area contributed by atoms with E-state index in [1.807, 2.05) is 7.05 Å². The number of nitrogens with one attached hydrogen (secondary N) is 1. The van der Waals surface area contributed by atoms with Crippen LogP contribution in [0.2, 0.25) is 0 Å². The van der Waals surface area contributed by atoms with Gasteiger partial charge in [0.1, 0.15) is 6.04 Å². The molecular weight excluding hydrogens is 262 g/mol. The first kappa shape index (κ1) is 16.7. The molecule has 7 nitrogen and oxygen atoms in total. The predicted molar refractivity (Wildman–Crippen MR) is 74.5 cm³/mol. The van der Waals surface area contributed by atoms with Crippen LogP contribution in [0.3, 0.4) is 0 Å². The highest BCUT2D eigenvalue weighted by Crippen LogP contribution is 2.17. The molecule has 2 amide bonds. The molecule has 3 N–H and O–H groups in total. The van der Waals surface area contributed by atoms with E-state index in [1.54, 1.807) is 0 Å². The van der Waals surface area contributed by atoms with Gasteiger partial charge >= 0.3 is 12.0 Å². The number of rotatable bonds is 6. The minimum absolute atomic E-state index is 0.0734. The molecule has 1 aliphatic heterocycles. The fourth-order valence-electron chi connectivity index (χ4n) is 2.25. The zero-order chi connectivity index (χ0) is 15.3. The molecule has 1 saturated heterocycles. The number of carboxylic acids is 1. The van der Waals surface area contributed by atoms with Gasteiger partial charge in [0.15, 0.2) is 0 Å². The smallest absolute Gasteiger partial charge is 0.326 e. The summed E-state index contributed by atoms with van der Waals surface area (Å²) < 4.78 is 0. The van der Waals surface area contributed by atoms with Gasteiger partial charge in [0.05, 0.1) is 6.10 Å². The van der Waals surface area contributed by atoms with E-state index >= 15 is 0 Å². The number of aliphatic hydroxyl groups excluding tert-OH is 1. The van der Waals surface area contributed by atoms with Gasteiger partial charge in [-0.1, -0.05) is 6.92 Å². The lowest BCUT2D eigenvalue weighted by Crippen LogP contribution is -2.48. The number of aliphatic hydroxyl groups is 1. The lowest BCUT2D eigenvalue weighted by Gasteiger charge is -2.25. The van der Waals surface area contributed by atoms with Gasteiger partial charge in [-0.3, -0.25) is 0 Å². The number of β-amino-alcohol motifs (C(OH)–C–C–N with tert-alkyl or cyclic N) is 1. The molecule has 0 aromatic rings. The maximum absolute atomic E-state index is 11.9. The molecule has 1 unspecified atom stereocenters. The second kappa shape index (κ2) is 7.44. The Morgan fingerprint density at radius 3 is 2.70 bits per heavy atom. The quantitative estimate of drug-likeness (QED) is 0.637. The summed E-state index contributed by atoms with van der Waals surface area (Å²) in [5.74, 6) is -1.08. The molecule has 0 saturated carbocycles. The van der Waals surface area contributed by atoms with E-state index in [0.717, 1.165) is 6.42 Å². The van der Waals surface area contributed by atoms with E-state index in [4.69, 9.17) is 5.11 Å². The van der Waals surface area contributed by atoms with Crippen LogP contribution in [0.1, 0.15) is 26.7 Å². The lowest BCUT2D eigenvalue weighted by atomic mass is 10.2. The first-order valence-corrected chi connectivity index (χ1v) is 7.02. The number of hydrogen-bond acceptors (Lipinski definition) is 4. The fourth-order valence-corrected chi connectivity index (χ4v) is 2.25. The molecule has 20 heavy (non-hydrogen) atoms. The number of carbonyl (C=O) groups excluding carboxylic acids is 1. The molecule has 3 atom stereocenters. The zero-order valence-corrected chi connectivity index (χ0v) is 12.4. The third-order valence-electron chi connectivity index (χ3n) is 3.91. The molecule has 1 fully saturated rings. The predicted octanol–water partition coefficient (Wildman–Crippen LogP) is -0.0539. The summed E-state index contributed by atoms with van der Waals surface area (Å²) in [5, 5.41) is 21.2. The SMILES string of the molecule is CCC(C)N(C)CCNC(=O)N1C[C@H](O)C[C@@H]1C(=O)O. The number of carboxylic acid groups (broad SMARTS) is 1. The van der Waals surface area contributed by atoms with Crippen molar-refractivity contribution in [1.29, 1.82) is 0 Å². The standard InChI is InChI=1S/C13H25N3O4/c1-4-9(2)15(3)6-5-14-13(20)16-8-10(17)7-11(16)12(18)19/h9-11,17H,4-8H2,1-3H3,(H,14,20)(H,18,19)/t9?,10-,11-/m1/s1. The normalized spacial score (nSPS) is 23.9. The van der Waals surface area contributed by atoms with Gasteiger partial charge in [0, 0.05) is 32.1 Å². The monoisotopic (exact) mass is 287 g/mol. The third-order valence-corrected chi connectivity index (χ3v) is 3.91. The summed E-state index contributed by atoms with van der Waals surface area (Å²) in [7, 11) is 1.99. The van der Waals surface area contributed by atoms with E-state index in [9.17, 15) is 14.7 Å². The van der Waals surface area contributed by atoms with Crippen LogP contribution in [0.5, 0.6) is 0 Å². The molecule has 0 bridgehead atoms. The van der Waals surface area contributed by atoms with Crippen molar-refractivity contribution in [2.24, 2.45) is 0 Å². The van der Waals surface area contributed by atoms with Crippen molar-refractivity contribution in [3.63, 3.8) is 0 Å². The van der Waals surface area contributed by atoms with Crippen LogP contribution in [0.15, 0.2) is 0 Å². The first-order chi connectivity index (χ1) is 9.36. The van der Waals surface area contributed by atoms with Gasteiger partial charge in [-0.15, -0.1) is 0 Å². The largest absolute Gasteiger partial charge is 0.480 e. The molecule has 116 valence electrons. The van der Waals surface area contributed by atoms with Crippen molar-refractivity contribution in [2.45, 2.75) is 44.9 Å². The van der Waals surface area contributed by atoms with E-state index in [1.165, 1.54) is 4.90 Å². The van der Waals surface area contributed by atoms with E-state index in [2.05, 4.69) is 24.1 Å². The molecule has 1 rings (SSSR count). The second-order valence-electron chi connectivity index (χ2n) is 5.37. The van der Waals surface area contributed by atoms with Gasteiger partial charge in [-0.25, -0.2) is 9.59 Å². The molecule has 0 aromatic heterocycles. The highest BCUT2D eigenvalue weighted by Gasteiger charge is 2.38. The van der Waals surface area contributed by atoms with Crippen molar-refractivity contribution in [1.82, 2.24) is 15.1 Å². The van der Waals surface area contributed by atoms with Gasteiger partial charge in [0.25, 0.3) is 0 Å². The van der Waals surface area contributed by atoms with Gasteiger partial charge in [-0.2, -0.15) is 0 Å². The maximum atomic E-state index is 11.9. The van der Waals surface area contributed by atoms with Crippen molar-refractivity contribution in [3.8, 4) is 0 Å². The molecule has 0 aliphatic carbocycles. The van der Waals surface area contributed by atoms with Crippen LogP contribution in [-0.4, -0.2) is 76.9 Å². The Balaban J connectivity index is 2.40. The molecule has 0 aromatic carbocycles. The van der Waals surface area contributed by atoms with Crippen LogP contribution >= 0.6 is 0 Å². The minimum atomic E-state index is -1.08. The minimum Gasteiger partial charge on any atom is -0.480 e.